The van der Waals surface area contributed by atoms with Gasteiger partial charge >= 0.3 is 0 Å². The van der Waals surface area contributed by atoms with E-state index in [9.17, 15) is 4.79 Å². The van der Waals surface area contributed by atoms with Crippen LogP contribution in [0.25, 0.3) is 0 Å². The van der Waals surface area contributed by atoms with Crippen molar-refractivity contribution in [3.63, 3.8) is 0 Å². The number of amides is 1. The monoisotopic (exact) mass is 250 g/mol. The molecular weight excluding hydrogens is 228 g/mol. The normalized spacial score (nSPS) is 10.7. The highest BCUT2D eigenvalue weighted by Gasteiger charge is 2.12. The fourth-order valence-electron chi connectivity index (χ4n) is 1.60. The third kappa shape index (κ3) is 4.41. The van der Waals surface area contributed by atoms with Gasteiger partial charge in [0.2, 0.25) is 0 Å². The van der Waals surface area contributed by atoms with Gasteiger partial charge in [-0.05, 0) is 19.4 Å². The molecule has 1 rings (SSSR count). The molecule has 0 aliphatic carbocycles. The number of carbonyl (C=O) groups excluding carboxylic acids is 1. The Morgan fingerprint density at radius 1 is 1.33 bits per heavy atom. The van der Waals surface area contributed by atoms with Crippen molar-refractivity contribution in [2.75, 3.05) is 13.1 Å². The quantitative estimate of drug-likeness (QED) is 0.741. The van der Waals surface area contributed by atoms with E-state index in [1.165, 1.54) is 0 Å². The fraction of sp³-hybridized carbons (Fsp3) is 0.615. The van der Waals surface area contributed by atoms with E-state index < -0.39 is 0 Å². The van der Waals surface area contributed by atoms with E-state index in [0.29, 0.717) is 24.6 Å². The van der Waals surface area contributed by atoms with Crippen molar-refractivity contribution in [3.05, 3.63) is 23.0 Å². The van der Waals surface area contributed by atoms with Gasteiger partial charge < -0.3 is 10.6 Å². The van der Waals surface area contributed by atoms with Crippen LogP contribution in [-0.4, -0.2) is 35.2 Å². The topological polar surface area (TPSA) is 66.9 Å². The van der Waals surface area contributed by atoms with Crippen molar-refractivity contribution in [3.8, 4) is 0 Å². The van der Waals surface area contributed by atoms with Crippen molar-refractivity contribution in [1.29, 1.82) is 0 Å². The lowest BCUT2D eigenvalue weighted by Crippen LogP contribution is -2.35. The fourth-order valence-corrected chi connectivity index (χ4v) is 1.60. The lowest BCUT2D eigenvalue weighted by atomic mass is 10.1. The number of nitrogens with one attached hydrogen (secondary N) is 2. The van der Waals surface area contributed by atoms with Crippen LogP contribution < -0.4 is 10.6 Å². The zero-order chi connectivity index (χ0) is 13.5. The van der Waals surface area contributed by atoms with Crippen LogP contribution >= 0.6 is 0 Å². The van der Waals surface area contributed by atoms with Crippen LogP contribution in [0.15, 0.2) is 6.07 Å². The Morgan fingerprint density at radius 3 is 2.67 bits per heavy atom. The maximum atomic E-state index is 12.0. The largest absolute Gasteiger partial charge is 0.351 e. The number of hydrogen-bond acceptors (Lipinski definition) is 4. The summed E-state index contributed by atoms with van der Waals surface area (Å²) in [5, 5.41) is 14.2. The third-order valence-electron chi connectivity index (χ3n) is 2.54. The number of aromatic nitrogens is 2. The third-order valence-corrected chi connectivity index (χ3v) is 2.54. The summed E-state index contributed by atoms with van der Waals surface area (Å²) in [7, 11) is 0. The minimum absolute atomic E-state index is 0.0737. The van der Waals surface area contributed by atoms with Crippen LogP contribution in [0.3, 0.4) is 0 Å². The van der Waals surface area contributed by atoms with E-state index in [1.54, 1.807) is 6.07 Å². The van der Waals surface area contributed by atoms with Crippen LogP contribution in [0.5, 0.6) is 0 Å². The first-order valence-electron chi connectivity index (χ1n) is 6.39. The Kier molecular flexibility index (Phi) is 5.71. The van der Waals surface area contributed by atoms with E-state index in [-0.39, 0.29) is 5.91 Å². The molecule has 0 fully saturated rings. The minimum Gasteiger partial charge on any atom is -0.351 e. The van der Waals surface area contributed by atoms with Crippen LogP contribution in [-0.2, 0) is 6.42 Å². The zero-order valence-corrected chi connectivity index (χ0v) is 11.6. The van der Waals surface area contributed by atoms with Gasteiger partial charge in [-0.3, -0.25) is 4.79 Å². The second-order valence-corrected chi connectivity index (χ2v) is 4.56. The molecule has 0 saturated carbocycles. The molecule has 0 aliphatic heterocycles. The second kappa shape index (κ2) is 7.06. The predicted molar refractivity (Wildman–Crippen MR) is 71.6 cm³/mol. The van der Waals surface area contributed by atoms with Crippen LogP contribution in [0.1, 0.15) is 42.5 Å². The van der Waals surface area contributed by atoms with Crippen molar-refractivity contribution in [1.82, 2.24) is 20.8 Å². The van der Waals surface area contributed by atoms with Gasteiger partial charge in [-0.2, -0.15) is 10.2 Å². The van der Waals surface area contributed by atoms with Crippen LogP contribution in [0, 0.1) is 6.92 Å². The van der Waals surface area contributed by atoms with Crippen molar-refractivity contribution >= 4 is 5.91 Å². The molecule has 0 unspecified atom stereocenters. The molecule has 100 valence electrons. The Morgan fingerprint density at radius 2 is 2.06 bits per heavy atom. The summed E-state index contributed by atoms with van der Waals surface area (Å²) in [6.07, 6.45) is 0.709. The Bertz CT molecular complexity index is 404. The summed E-state index contributed by atoms with van der Waals surface area (Å²) < 4.78 is 0. The smallest absolute Gasteiger partial charge is 0.253 e. The molecule has 1 amide bonds. The number of hydrogen-bond donors (Lipinski definition) is 2. The predicted octanol–water partition coefficient (Wildman–Crippen LogP) is 1.08. The van der Waals surface area contributed by atoms with Gasteiger partial charge in [-0.1, -0.05) is 20.8 Å². The average molecular weight is 250 g/mol. The first-order valence-corrected chi connectivity index (χ1v) is 6.39. The van der Waals surface area contributed by atoms with Crippen molar-refractivity contribution < 1.29 is 4.79 Å². The maximum absolute atomic E-state index is 12.0. The molecule has 0 aliphatic rings. The molecule has 0 aromatic carbocycles. The van der Waals surface area contributed by atoms with Crippen molar-refractivity contribution in [2.45, 2.75) is 40.2 Å². The standard InChI is InChI=1S/C13H22N4O/c1-5-12-11(8-10(4)16-17-12)13(18)15-7-6-14-9(2)3/h8-9,14H,5-7H2,1-4H3,(H,15,18). The SMILES string of the molecule is CCc1nnc(C)cc1C(=O)NCCNC(C)C. The molecule has 18 heavy (non-hydrogen) atoms. The maximum Gasteiger partial charge on any atom is 0.253 e. The van der Waals surface area contributed by atoms with E-state index in [1.807, 2.05) is 13.8 Å². The van der Waals surface area contributed by atoms with Crippen molar-refractivity contribution in [2.24, 2.45) is 0 Å². The highest BCUT2D eigenvalue weighted by molar-refractivity contribution is 5.95. The van der Waals surface area contributed by atoms with Crippen LogP contribution in [0.2, 0.25) is 0 Å². The zero-order valence-electron chi connectivity index (χ0n) is 11.6. The van der Waals surface area contributed by atoms with Crippen LogP contribution in [0.4, 0.5) is 0 Å². The summed E-state index contributed by atoms with van der Waals surface area (Å²) in [4.78, 5) is 12.0. The van der Waals surface area contributed by atoms with E-state index in [4.69, 9.17) is 0 Å². The molecular formula is C13H22N4O. The van der Waals surface area contributed by atoms with Gasteiger partial charge in [0.1, 0.15) is 0 Å². The molecule has 1 aromatic heterocycles. The lowest BCUT2D eigenvalue weighted by molar-refractivity contribution is 0.0952. The van der Waals surface area contributed by atoms with Gasteiger partial charge in [0.25, 0.3) is 5.91 Å². The highest BCUT2D eigenvalue weighted by Crippen LogP contribution is 2.06. The van der Waals surface area contributed by atoms with Gasteiger partial charge in [0, 0.05) is 19.1 Å². The molecule has 0 spiro atoms. The molecule has 0 atom stereocenters. The van der Waals surface area contributed by atoms with E-state index in [0.717, 1.165) is 17.9 Å². The number of carbonyl (C=O) groups is 1. The summed E-state index contributed by atoms with van der Waals surface area (Å²) >= 11 is 0. The van der Waals surface area contributed by atoms with E-state index >= 15 is 0 Å². The first kappa shape index (κ1) is 14.6. The highest BCUT2D eigenvalue weighted by atomic mass is 16.1. The Hall–Kier alpha value is -1.49. The molecule has 1 aromatic rings. The number of nitrogens with zero attached hydrogens (tertiary/aromatic N) is 2. The average Bonchev–Trinajstić information content (AvgIpc) is 2.34. The molecule has 0 radical (unpaired) electrons. The molecule has 0 saturated heterocycles. The minimum atomic E-state index is -0.0737. The van der Waals surface area contributed by atoms with Gasteiger partial charge in [-0.25, -0.2) is 0 Å². The summed E-state index contributed by atoms with van der Waals surface area (Å²) in [5.74, 6) is -0.0737. The van der Waals surface area contributed by atoms with E-state index in [2.05, 4.69) is 34.7 Å². The molecule has 5 heteroatoms. The van der Waals surface area contributed by atoms with Gasteiger partial charge in [0.15, 0.2) is 0 Å². The lowest BCUT2D eigenvalue weighted by Gasteiger charge is -2.10. The van der Waals surface area contributed by atoms with Gasteiger partial charge in [0.05, 0.1) is 17.0 Å². The summed E-state index contributed by atoms with van der Waals surface area (Å²) in [6, 6.07) is 2.22. The molecule has 2 N–H and O–H groups in total. The summed E-state index contributed by atoms with van der Waals surface area (Å²) in [5.41, 5.74) is 2.14. The summed E-state index contributed by atoms with van der Waals surface area (Å²) in [6.45, 7) is 9.34. The van der Waals surface area contributed by atoms with Gasteiger partial charge in [-0.15, -0.1) is 0 Å². The number of rotatable bonds is 6. The molecule has 0 bridgehead atoms. The Labute approximate surface area is 108 Å². The second-order valence-electron chi connectivity index (χ2n) is 4.56. The Balaban J connectivity index is 2.58. The molecule has 5 nitrogen and oxygen atoms in total. The number of aryl methyl sites for hydroxylation is 2. The first-order chi connectivity index (χ1) is 8.54. The molecule has 1 heterocycles.